The van der Waals surface area contributed by atoms with Crippen LogP contribution in [-0.2, 0) is 19.1 Å². The summed E-state index contributed by atoms with van der Waals surface area (Å²) in [6.45, 7) is 13.5. The van der Waals surface area contributed by atoms with E-state index in [1.165, 1.54) is 0 Å². The molecule has 134 valence electrons. The number of rotatable bonds is 3. The van der Waals surface area contributed by atoms with E-state index >= 15 is 0 Å². The van der Waals surface area contributed by atoms with E-state index in [9.17, 15) is 8.42 Å². The molecule has 24 heavy (non-hydrogen) atoms. The molecule has 7 heteroatoms. The molecule has 1 aromatic rings. The first-order valence-electron chi connectivity index (χ1n) is 8.03. The van der Waals surface area contributed by atoms with E-state index in [4.69, 9.17) is 9.31 Å². The predicted molar refractivity (Wildman–Crippen MR) is 101 cm³/mol. The molecule has 0 atom stereocenters. The first kappa shape index (κ1) is 20.0. The molecule has 0 spiro atoms. The second kappa shape index (κ2) is 6.11. The maximum atomic E-state index is 13.0. The molecular weight excluding hydrogens is 391 g/mol. The Morgan fingerprint density at radius 3 is 2.04 bits per heavy atom. The van der Waals surface area contributed by atoms with E-state index in [0.717, 1.165) is 0 Å². The summed E-state index contributed by atoms with van der Waals surface area (Å²) in [6.07, 6.45) is 0. The molecule has 0 bridgehead atoms. The maximum Gasteiger partial charge on any atom is 0.496 e. The number of sulfone groups is 1. The van der Waals surface area contributed by atoms with Crippen LogP contribution in [0.3, 0.4) is 0 Å². The third-order valence-corrected chi connectivity index (χ3v) is 7.69. The number of halogens is 1. The third-order valence-electron chi connectivity index (χ3n) is 4.44. The summed E-state index contributed by atoms with van der Waals surface area (Å²) in [5, 5.41) is 0. The molecule has 0 saturated carbocycles. The fraction of sp³-hybridized carbons (Fsp3) is 0.647. The zero-order valence-electron chi connectivity index (χ0n) is 15.4. The minimum Gasteiger partial charge on any atom is -0.399 e. The lowest BCUT2D eigenvalue weighted by Gasteiger charge is -2.32. The SMILES string of the molecule is CC(C)(C)CS(=O)(=O)c1c(Br)cccc1B1OC(C)(C)C(C)(C)O1. The van der Waals surface area contributed by atoms with Crippen molar-refractivity contribution in [2.45, 2.75) is 64.6 Å². The van der Waals surface area contributed by atoms with Gasteiger partial charge in [-0.3, -0.25) is 0 Å². The summed E-state index contributed by atoms with van der Waals surface area (Å²) in [4.78, 5) is 0.262. The van der Waals surface area contributed by atoms with E-state index < -0.39 is 28.2 Å². The molecule has 0 radical (unpaired) electrons. The van der Waals surface area contributed by atoms with Crippen molar-refractivity contribution in [3.8, 4) is 0 Å². The van der Waals surface area contributed by atoms with Crippen LogP contribution < -0.4 is 5.46 Å². The quantitative estimate of drug-likeness (QED) is 0.706. The van der Waals surface area contributed by atoms with Gasteiger partial charge in [0.15, 0.2) is 9.84 Å². The summed E-state index contributed by atoms with van der Waals surface area (Å²) in [6, 6.07) is 5.31. The van der Waals surface area contributed by atoms with E-state index in [0.29, 0.717) is 9.94 Å². The minimum atomic E-state index is -3.50. The average Bonchev–Trinajstić information content (AvgIpc) is 2.54. The van der Waals surface area contributed by atoms with Gasteiger partial charge in [0, 0.05) is 9.94 Å². The topological polar surface area (TPSA) is 52.6 Å². The van der Waals surface area contributed by atoms with Crippen LogP contribution >= 0.6 is 15.9 Å². The fourth-order valence-electron chi connectivity index (χ4n) is 2.65. The minimum absolute atomic E-state index is 0.0507. The second-order valence-electron chi connectivity index (χ2n) is 8.57. The normalized spacial score (nSPS) is 20.4. The van der Waals surface area contributed by atoms with Crippen molar-refractivity contribution in [2.75, 3.05) is 5.75 Å². The van der Waals surface area contributed by atoms with Crippen LogP contribution in [0.25, 0.3) is 0 Å². The summed E-state index contributed by atoms with van der Waals surface area (Å²) in [7, 11) is -4.21. The largest absolute Gasteiger partial charge is 0.496 e. The molecule has 1 fully saturated rings. The third kappa shape index (κ3) is 3.89. The first-order valence-corrected chi connectivity index (χ1v) is 10.5. The van der Waals surface area contributed by atoms with Crippen LogP contribution in [0.2, 0.25) is 0 Å². The van der Waals surface area contributed by atoms with Gasteiger partial charge in [-0.25, -0.2) is 8.42 Å². The fourth-order valence-corrected chi connectivity index (χ4v) is 5.95. The number of hydrogen-bond acceptors (Lipinski definition) is 4. The Kier molecular flexibility index (Phi) is 5.08. The first-order chi connectivity index (χ1) is 10.7. The molecule has 1 aromatic carbocycles. The van der Waals surface area contributed by atoms with Gasteiger partial charge in [-0.15, -0.1) is 0 Å². The van der Waals surface area contributed by atoms with E-state index in [-0.39, 0.29) is 16.1 Å². The Hall–Kier alpha value is -0.365. The van der Waals surface area contributed by atoms with Crippen LogP contribution in [0.1, 0.15) is 48.5 Å². The smallest absolute Gasteiger partial charge is 0.399 e. The van der Waals surface area contributed by atoms with Crippen molar-refractivity contribution in [1.29, 1.82) is 0 Å². The lowest BCUT2D eigenvalue weighted by Crippen LogP contribution is -2.41. The Morgan fingerprint density at radius 1 is 1.08 bits per heavy atom. The highest BCUT2D eigenvalue weighted by atomic mass is 79.9. The maximum absolute atomic E-state index is 13.0. The van der Waals surface area contributed by atoms with Crippen molar-refractivity contribution in [1.82, 2.24) is 0 Å². The van der Waals surface area contributed by atoms with Gasteiger partial charge >= 0.3 is 7.12 Å². The molecule has 1 heterocycles. The lowest BCUT2D eigenvalue weighted by atomic mass is 9.79. The Labute approximate surface area is 154 Å². The molecule has 0 unspecified atom stereocenters. The van der Waals surface area contributed by atoms with Crippen molar-refractivity contribution < 1.29 is 17.7 Å². The van der Waals surface area contributed by atoms with Gasteiger partial charge in [0.25, 0.3) is 0 Å². The van der Waals surface area contributed by atoms with Crippen LogP contribution in [0.15, 0.2) is 27.6 Å². The molecular formula is C17H26BBrO4S. The Balaban J connectivity index is 2.54. The van der Waals surface area contributed by atoms with Gasteiger partial charge in [0.1, 0.15) is 0 Å². The number of hydrogen-bond donors (Lipinski definition) is 0. The average molecular weight is 417 g/mol. The van der Waals surface area contributed by atoms with Crippen LogP contribution in [0.4, 0.5) is 0 Å². The van der Waals surface area contributed by atoms with Crippen LogP contribution in [-0.4, -0.2) is 32.5 Å². The van der Waals surface area contributed by atoms with E-state index in [2.05, 4.69) is 15.9 Å². The highest BCUT2D eigenvalue weighted by Gasteiger charge is 2.53. The molecule has 0 aliphatic carbocycles. The van der Waals surface area contributed by atoms with Crippen molar-refractivity contribution >= 4 is 38.3 Å². The van der Waals surface area contributed by atoms with Crippen molar-refractivity contribution in [3.05, 3.63) is 22.7 Å². The van der Waals surface area contributed by atoms with Gasteiger partial charge in [0.05, 0.1) is 21.9 Å². The second-order valence-corrected chi connectivity index (χ2v) is 11.3. The van der Waals surface area contributed by atoms with Gasteiger partial charge in [-0.1, -0.05) is 32.9 Å². The van der Waals surface area contributed by atoms with E-state index in [1.54, 1.807) is 18.2 Å². The summed E-state index contributed by atoms with van der Waals surface area (Å²) in [5.74, 6) is 0.0507. The molecule has 0 amide bonds. The zero-order valence-corrected chi connectivity index (χ0v) is 17.8. The molecule has 1 aliphatic rings. The van der Waals surface area contributed by atoms with Gasteiger partial charge in [0.2, 0.25) is 0 Å². The summed E-state index contributed by atoms with van der Waals surface area (Å²) >= 11 is 3.40. The molecule has 1 aliphatic heterocycles. The zero-order chi connectivity index (χ0) is 18.6. The molecule has 0 aromatic heterocycles. The van der Waals surface area contributed by atoms with E-state index in [1.807, 2.05) is 48.5 Å². The standard InChI is InChI=1S/C17H26BBrO4S/c1-15(2,3)11-24(20,21)14-12(9-8-10-13(14)19)18-22-16(4,5)17(6,7)23-18/h8-10H,11H2,1-7H3. The predicted octanol–water partition coefficient (Wildman–Crippen LogP) is 3.57. The highest BCUT2D eigenvalue weighted by Crippen LogP contribution is 2.37. The number of benzene rings is 1. The molecule has 0 N–H and O–H groups in total. The van der Waals surface area contributed by atoms with Gasteiger partial charge < -0.3 is 9.31 Å². The highest BCUT2D eigenvalue weighted by molar-refractivity contribution is 9.10. The van der Waals surface area contributed by atoms with Crippen LogP contribution in [0.5, 0.6) is 0 Å². The lowest BCUT2D eigenvalue weighted by molar-refractivity contribution is 0.00578. The molecule has 1 saturated heterocycles. The molecule has 4 nitrogen and oxygen atoms in total. The van der Waals surface area contributed by atoms with Crippen molar-refractivity contribution in [3.63, 3.8) is 0 Å². The van der Waals surface area contributed by atoms with Crippen molar-refractivity contribution in [2.24, 2.45) is 5.41 Å². The van der Waals surface area contributed by atoms with Crippen LogP contribution in [0, 0.1) is 5.41 Å². The Bertz CT molecular complexity index is 719. The monoisotopic (exact) mass is 416 g/mol. The molecule has 2 rings (SSSR count). The van der Waals surface area contributed by atoms with Gasteiger partial charge in [-0.05, 0) is 55.1 Å². The summed E-state index contributed by atoms with van der Waals surface area (Å²) in [5.41, 5.74) is -0.843. The summed E-state index contributed by atoms with van der Waals surface area (Å²) < 4.78 is 38.7. The Morgan fingerprint density at radius 2 is 1.58 bits per heavy atom. The van der Waals surface area contributed by atoms with Gasteiger partial charge in [-0.2, -0.15) is 0 Å².